The Morgan fingerprint density at radius 3 is 2.26 bits per heavy atom. The maximum Gasteiger partial charge on any atom is 0.246 e. The van der Waals surface area contributed by atoms with Crippen LogP contribution < -0.4 is 16.4 Å². The first-order chi connectivity index (χ1) is 13.0. The van der Waals surface area contributed by atoms with Gasteiger partial charge in [-0.25, -0.2) is 0 Å². The molecule has 0 spiro atoms. The molecule has 2 atom stereocenters. The van der Waals surface area contributed by atoms with E-state index < -0.39 is 12.1 Å². The minimum Gasteiger partial charge on any atom is -0.392 e. The molecule has 144 valence electrons. The van der Waals surface area contributed by atoms with E-state index in [1.165, 1.54) is 0 Å². The van der Waals surface area contributed by atoms with Crippen LogP contribution in [0.15, 0.2) is 54.6 Å². The average molecular weight is 369 g/mol. The maximum atomic E-state index is 12.6. The van der Waals surface area contributed by atoms with Crippen molar-refractivity contribution in [2.45, 2.75) is 44.9 Å². The van der Waals surface area contributed by atoms with E-state index in [4.69, 9.17) is 10.8 Å². The summed E-state index contributed by atoms with van der Waals surface area (Å²) >= 11 is 0. The summed E-state index contributed by atoms with van der Waals surface area (Å²) in [4.78, 5) is 25.0. The Morgan fingerprint density at radius 2 is 1.67 bits per heavy atom. The van der Waals surface area contributed by atoms with Gasteiger partial charge in [-0.3, -0.25) is 9.59 Å². The van der Waals surface area contributed by atoms with Crippen molar-refractivity contribution >= 4 is 17.5 Å². The van der Waals surface area contributed by atoms with Crippen molar-refractivity contribution in [2.75, 3.05) is 5.32 Å². The molecule has 0 saturated heterocycles. The van der Waals surface area contributed by atoms with E-state index in [1.807, 2.05) is 37.3 Å². The smallest absolute Gasteiger partial charge is 0.246 e. The van der Waals surface area contributed by atoms with E-state index in [9.17, 15) is 9.59 Å². The zero-order chi connectivity index (χ0) is 19.6. The molecule has 0 bridgehead atoms. The number of hydrogen-bond acceptors (Lipinski definition) is 4. The fourth-order valence-electron chi connectivity index (χ4n) is 2.72. The Morgan fingerprint density at radius 1 is 1.00 bits per heavy atom. The van der Waals surface area contributed by atoms with Gasteiger partial charge >= 0.3 is 0 Å². The van der Waals surface area contributed by atoms with Crippen LogP contribution in [0.4, 0.5) is 5.69 Å². The van der Waals surface area contributed by atoms with Gasteiger partial charge in [-0.15, -0.1) is 0 Å². The normalized spacial score (nSPS) is 12.9. The van der Waals surface area contributed by atoms with Gasteiger partial charge in [0.15, 0.2) is 0 Å². The number of nitrogens with two attached hydrogens (primary N) is 1. The van der Waals surface area contributed by atoms with E-state index in [2.05, 4.69) is 10.6 Å². The third-order valence-electron chi connectivity index (χ3n) is 4.25. The van der Waals surface area contributed by atoms with Crippen LogP contribution >= 0.6 is 0 Å². The SMILES string of the molecule is CCCC(NC(=O)C(N)Cc1ccccc1)C(=O)Nc1ccc(CO)cc1. The van der Waals surface area contributed by atoms with Gasteiger partial charge in [-0.05, 0) is 36.1 Å². The molecule has 0 heterocycles. The molecule has 0 radical (unpaired) electrons. The van der Waals surface area contributed by atoms with E-state index in [0.717, 1.165) is 17.5 Å². The summed E-state index contributed by atoms with van der Waals surface area (Å²) in [6, 6.07) is 15.1. The highest BCUT2D eigenvalue weighted by molar-refractivity contribution is 5.97. The second kappa shape index (κ2) is 10.4. The highest BCUT2D eigenvalue weighted by Crippen LogP contribution is 2.11. The largest absolute Gasteiger partial charge is 0.392 e. The molecule has 2 aromatic rings. The number of carbonyl (C=O) groups is 2. The summed E-state index contributed by atoms with van der Waals surface area (Å²) < 4.78 is 0. The number of hydrogen-bond donors (Lipinski definition) is 4. The van der Waals surface area contributed by atoms with Gasteiger partial charge in [0, 0.05) is 5.69 Å². The lowest BCUT2D eigenvalue weighted by Crippen LogP contribution is -2.50. The third kappa shape index (κ3) is 6.51. The summed E-state index contributed by atoms with van der Waals surface area (Å²) in [6.07, 6.45) is 1.68. The summed E-state index contributed by atoms with van der Waals surface area (Å²) in [5.41, 5.74) is 8.36. The van der Waals surface area contributed by atoms with Crippen LogP contribution in [0.3, 0.4) is 0 Å². The quantitative estimate of drug-likeness (QED) is 0.542. The van der Waals surface area contributed by atoms with Crippen molar-refractivity contribution in [1.82, 2.24) is 5.32 Å². The Kier molecular flexibility index (Phi) is 7.98. The van der Waals surface area contributed by atoms with Crippen molar-refractivity contribution in [1.29, 1.82) is 0 Å². The molecule has 0 aliphatic carbocycles. The van der Waals surface area contributed by atoms with Crippen LogP contribution in [-0.4, -0.2) is 29.0 Å². The molecular formula is C21H27N3O3. The van der Waals surface area contributed by atoms with Gasteiger partial charge in [0.1, 0.15) is 6.04 Å². The highest BCUT2D eigenvalue weighted by atomic mass is 16.3. The van der Waals surface area contributed by atoms with Crippen LogP contribution in [0.1, 0.15) is 30.9 Å². The molecule has 6 nitrogen and oxygen atoms in total. The van der Waals surface area contributed by atoms with Crippen molar-refractivity contribution < 1.29 is 14.7 Å². The number of aliphatic hydroxyl groups excluding tert-OH is 1. The monoisotopic (exact) mass is 369 g/mol. The summed E-state index contributed by atoms with van der Waals surface area (Å²) in [7, 11) is 0. The zero-order valence-electron chi connectivity index (χ0n) is 15.5. The minimum atomic E-state index is -0.719. The predicted molar refractivity (Wildman–Crippen MR) is 106 cm³/mol. The third-order valence-corrected chi connectivity index (χ3v) is 4.25. The number of carbonyl (C=O) groups excluding carboxylic acids is 2. The lowest BCUT2D eigenvalue weighted by molar-refractivity contribution is -0.127. The average Bonchev–Trinajstić information content (AvgIpc) is 2.68. The molecular weight excluding hydrogens is 342 g/mol. The van der Waals surface area contributed by atoms with E-state index in [0.29, 0.717) is 18.5 Å². The first-order valence-electron chi connectivity index (χ1n) is 9.14. The molecule has 27 heavy (non-hydrogen) atoms. The molecule has 6 heteroatoms. The lowest BCUT2D eigenvalue weighted by atomic mass is 10.0. The zero-order valence-corrected chi connectivity index (χ0v) is 15.5. The van der Waals surface area contributed by atoms with Crippen LogP contribution in [0.25, 0.3) is 0 Å². The summed E-state index contributed by atoms with van der Waals surface area (Å²) in [5.74, 6) is -0.628. The molecule has 2 aromatic carbocycles. The number of aliphatic hydroxyl groups is 1. The molecule has 2 amide bonds. The number of anilines is 1. The van der Waals surface area contributed by atoms with Gasteiger partial charge in [-0.1, -0.05) is 55.8 Å². The Labute approximate surface area is 159 Å². The van der Waals surface area contributed by atoms with E-state index >= 15 is 0 Å². The van der Waals surface area contributed by atoms with E-state index in [-0.39, 0.29) is 18.4 Å². The molecule has 0 saturated carbocycles. The Hall–Kier alpha value is -2.70. The Balaban J connectivity index is 1.95. The van der Waals surface area contributed by atoms with Crippen LogP contribution in [0.5, 0.6) is 0 Å². The standard InChI is InChI=1S/C21H27N3O3/c1-2-6-19(21(27)23-17-11-9-16(14-25)10-12-17)24-20(26)18(22)13-15-7-4-3-5-8-15/h3-5,7-12,18-19,25H,2,6,13-14,22H2,1H3,(H,23,27)(H,24,26). The van der Waals surface area contributed by atoms with Gasteiger partial charge in [0.2, 0.25) is 11.8 Å². The van der Waals surface area contributed by atoms with Crippen LogP contribution in [-0.2, 0) is 22.6 Å². The van der Waals surface area contributed by atoms with Gasteiger partial charge in [0.25, 0.3) is 0 Å². The molecule has 0 fully saturated rings. The van der Waals surface area contributed by atoms with Crippen molar-refractivity contribution in [3.8, 4) is 0 Å². The topological polar surface area (TPSA) is 104 Å². The number of nitrogens with one attached hydrogen (secondary N) is 2. The molecule has 0 aliphatic rings. The predicted octanol–water partition coefficient (Wildman–Crippen LogP) is 1.97. The molecule has 0 aromatic heterocycles. The van der Waals surface area contributed by atoms with Crippen molar-refractivity contribution in [3.63, 3.8) is 0 Å². The van der Waals surface area contributed by atoms with Gasteiger partial charge in [0.05, 0.1) is 12.6 Å². The summed E-state index contributed by atoms with van der Waals surface area (Å²) in [5, 5.41) is 14.6. The van der Waals surface area contributed by atoms with Crippen molar-refractivity contribution in [2.24, 2.45) is 5.73 Å². The summed E-state index contributed by atoms with van der Waals surface area (Å²) in [6.45, 7) is 1.90. The molecule has 2 rings (SSSR count). The highest BCUT2D eigenvalue weighted by Gasteiger charge is 2.23. The fraction of sp³-hybridized carbons (Fsp3) is 0.333. The Bertz CT molecular complexity index is 732. The second-order valence-electron chi connectivity index (χ2n) is 6.49. The van der Waals surface area contributed by atoms with Gasteiger partial charge < -0.3 is 21.5 Å². The second-order valence-corrected chi connectivity index (χ2v) is 6.49. The van der Waals surface area contributed by atoms with Crippen LogP contribution in [0.2, 0.25) is 0 Å². The maximum absolute atomic E-state index is 12.6. The molecule has 5 N–H and O–H groups in total. The van der Waals surface area contributed by atoms with Gasteiger partial charge in [-0.2, -0.15) is 0 Å². The minimum absolute atomic E-state index is 0.0535. The number of benzene rings is 2. The van der Waals surface area contributed by atoms with E-state index in [1.54, 1.807) is 24.3 Å². The lowest BCUT2D eigenvalue weighted by Gasteiger charge is -2.20. The first-order valence-corrected chi connectivity index (χ1v) is 9.14. The molecule has 0 aliphatic heterocycles. The fourth-order valence-corrected chi connectivity index (χ4v) is 2.72. The van der Waals surface area contributed by atoms with Crippen LogP contribution in [0, 0.1) is 0 Å². The first kappa shape index (κ1) is 20.6. The number of amides is 2. The van der Waals surface area contributed by atoms with Crippen molar-refractivity contribution in [3.05, 3.63) is 65.7 Å². The number of rotatable bonds is 9. The molecule has 2 unspecified atom stereocenters.